The molecule has 0 spiro atoms. The van der Waals surface area contributed by atoms with E-state index in [4.69, 9.17) is 31.8 Å². The number of ether oxygens (including phenoxy) is 2. The highest BCUT2D eigenvalue weighted by Gasteiger charge is 1.97. The molecule has 0 radical (unpaired) electrons. The van der Waals surface area contributed by atoms with E-state index in [2.05, 4.69) is 0 Å². The minimum Gasteiger partial charge on any atom is -1.00 e. The third-order valence-corrected chi connectivity index (χ3v) is 2.77. The van der Waals surface area contributed by atoms with Gasteiger partial charge in [-0.2, -0.15) is 0 Å². The van der Waals surface area contributed by atoms with E-state index in [9.17, 15) is 0 Å². The van der Waals surface area contributed by atoms with Crippen molar-refractivity contribution in [2.45, 2.75) is 0 Å². The smallest absolute Gasteiger partial charge is 0.299 e. The van der Waals surface area contributed by atoms with Crippen LogP contribution in [0.1, 0.15) is 0 Å². The van der Waals surface area contributed by atoms with Gasteiger partial charge in [-0.05, 0) is 23.5 Å². The molecule has 0 amide bonds. The first-order valence-corrected chi connectivity index (χ1v) is 6.77. The van der Waals surface area contributed by atoms with Crippen molar-refractivity contribution in [3.63, 3.8) is 0 Å². The van der Waals surface area contributed by atoms with Gasteiger partial charge < -0.3 is 43.4 Å². The summed E-state index contributed by atoms with van der Waals surface area (Å²) < 4.78 is 10.6. The van der Waals surface area contributed by atoms with Crippen LogP contribution in [-0.4, -0.2) is 48.3 Å². The van der Waals surface area contributed by atoms with Crippen molar-refractivity contribution in [3.05, 3.63) is 0 Å². The number of halogens is 2. The van der Waals surface area contributed by atoms with E-state index < -0.39 is 0 Å². The number of amidine groups is 2. The van der Waals surface area contributed by atoms with Crippen LogP contribution in [0.25, 0.3) is 0 Å². The summed E-state index contributed by atoms with van der Waals surface area (Å²) in [5.74, 6) is 1.52. The summed E-state index contributed by atoms with van der Waals surface area (Å²) in [5, 5.41) is 11.3. The molecule has 0 aliphatic carbocycles. The van der Waals surface area contributed by atoms with Crippen molar-refractivity contribution >= 4 is 33.9 Å². The molecule has 0 atom stereocenters. The van der Waals surface area contributed by atoms with E-state index in [0.29, 0.717) is 36.8 Å². The van der Waals surface area contributed by atoms with Gasteiger partial charge in [-0.3, -0.25) is 22.3 Å². The van der Waals surface area contributed by atoms with E-state index in [1.54, 1.807) is 0 Å². The molecule has 0 aromatic heterocycles. The number of hydrogen-bond acceptors (Lipinski definition) is 4. The molecule has 0 heterocycles. The van der Waals surface area contributed by atoms with E-state index in [0.717, 1.165) is 11.5 Å². The lowest BCUT2D eigenvalue weighted by Crippen LogP contribution is -3.00. The fraction of sp³-hybridized carbons (Fsp3) is 0.750. The molecule has 0 saturated carbocycles. The Morgan fingerprint density at radius 3 is 1.39 bits per heavy atom. The highest BCUT2D eigenvalue weighted by molar-refractivity contribution is 8.13. The minimum absolute atomic E-state index is 0. The van der Waals surface area contributed by atoms with Crippen molar-refractivity contribution in [2.24, 2.45) is 11.5 Å². The first kappa shape index (κ1) is 23.6. The Kier molecular flexibility index (Phi) is 23.0. The van der Waals surface area contributed by atoms with Gasteiger partial charge in [-0.15, -0.1) is 0 Å². The van der Waals surface area contributed by atoms with Gasteiger partial charge >= 0.3 is 0 Å². The second-order valence-electron chi connectivity index (χ2n) is 2.73. The van der Waals surface area contributed by atoms with E-state index in [1.807, 2.05) is 0 Å². The predicted octanol–water partition coefficient (Wildman–Crippen LogP) is -9.36. The molecule has 10 heteroatoms. The molecule has 0 aromatic rings. The van der Waals surface area contributed by atoms with Crippen LogP contribution in [0.2, 0.25) is 0 Å². The summed E-state index contributed by atoms with van der Waals surface area (Å²) in [5.41, 5.74) is 10.5. The summed E-state index contributed by atoms with van der Waals surface area (Å²) >= 11 is 2.76. The molecule has 0 aromatic carbocycles. The van der Waals surface area contributed by atoms with Gasteiger partial charge in [-0.25, -0.2) is 0 Å². The van der Waals surface area contributed by atoms with E-state index in [-0.39, 0.29) is 34.0 Å². The first-order valence-electron chi connectivity index (χ1n) is 4.79. The molecule has 110 valence electrons. The van der Waals surface area contributed by atoms with Gasteiger partial charge in [-0.1, -0.05) is 0 Å². The number of thioether (sulfide) groups is 2. The van der Waals surface area contributed by atoms with Gasteiger partial charge in [0.1, 0.15) is 0 Å². The largest absolute Gasteiger partial charge is 1.00 e. The number of rotatable bonds is 9. The molecule has 0 unspecified atom stereocenters. The van der Waals surface area contributed by atoms with Crippen LogP contribution in [0.4, 0.5) is 0 Å². The number of hydrogen-bond donors (Lipinski definition) is 4. The summed E-state index contributed by atoms with van der Waals surface area (Å²) in [6.45, 7) is 2.36. The summed E-state index contributed by atoms with van der Waals surface area (Å²) in [6.07, 6.45) is 0. The molecule has 0 aliphatic heterocycles. The molecule has 0 saturated heterocycles. The topological polar surface area (TPSA) is 122 Å². The molecule has 0 bridgehead atoms. The molecule has 8 N–H and O–H groups in total. The zero-order chi connectivity index (χ0) is 12.2. The predicted molar refractivity (Wildman–Crippen MR) is 68.8 cm³/mol. The van der Waals surface area contributed by atoms with Gasteiger partial charge in [0.05, 0.1) is 26.4 Å². The average Bonchev–Trinajstić information content (AvgIpc) is 2.20. The lowest BCUT2D eigenvalue weighted by molar-refractivity contribution is -0.110. The maximum Gasteiger partial charge on any atom is 0.299 e. The Morgan fingerprint density at radius 2 is 1.11 bits per heavy atom. The standard InChI is InChI=1S/C8H18N4O2S2.2BrH/c9-7(10)15-5-3-13-1-2-14-4-6-16-8(11)12;;/h1-6H2,(H3,9,10)(H3,11,12);2*1H. The van der Waals surface area contributed by atoms with Gasteiger partial charge in [0.25, 0.3) is 10.3 Å². The fourth-order valence-electron chi connectivity index (χ4n) is 0.759. The second kappa shape index (κ2) is 17.5. The third-order valence-electron chi connectivity index (χ3n) is 1.36. The molecule has 0 aliphatic rings. The van der Waals surface area contributed by atoms with Crippen LogP contribution in [0.3, 0.4) is 0 Å². The Bertz CT molecular complexity index is 203. The molecule has 0 fully saturated rings. The second-order valence-corrected chi connectivity index (χ2v) is 5.06. The lowest BCUT2D eigenvalue weighted by Gasteiger charge is -2.03. The van der Waals surface area contributed by atoms with Crippen molar-refractivity contribution in [1.29, 1.82) is 0 Å². The van der Waals surface area contributed by atoms with Crippen LogP contribution in [0, 0.1) is 0 Å². The molecule has 18 heavy (non-hydrogen) atoms. The highest BCUT2D eigenvalue weighted by Crippen LogP contribution is 1.96. The van der Waals surface area contributed by atoms with E-state index in [1.165, 1.54) is 23.5 Å². The summed E-state index contributed by atoms with van der Waals surface area (Å²) in [4.78, 5) is 0. The lowest BCUT2D eigenvalue weighted by atomic mass is 10.7. The number of nitrogens with two attached hydrogens (primary N) is 4. The average molecular weight is 428 g/mol. The Balaban J connectivity index is -0.00000112. The first-order chi connectivity index (χ1) is 7.63. The molecule has 6 nitrogen and oxygen atoms in total. The Labute approximate surface area is 137 Å². The highest BCUT2D eigenvalue weighted by atomic mass is 79.9. The van der Waals surface area contributed by atoms with Gasteiger partial charge in [0.2, 0.25) is 0 Å². The molecular weight excluding hydrogens is 408 g/mol. The van der Waals surface area contributed by atoms with Gasteiger partial charge in [0, 0.05) is 11.5 Å². The molecule has 0 rings (SSSR count). The maximum absolute atomic E-state index is 5.28. The zero-order valence-corrected chi connectivity index (χ0v) is 14.7. The summed E-state index contributed by atoms with van der Waals surface area (Å²) in [6, 6.07) is 0. The summed E-state index contributed by atoms with van der Waals surface area (Å²) in [7, 11) is 0. The maximum atomic E-state index is 5.28. The van der Waals surface area contributed by atoms with Crippen LogP contribution >= 0.6 is 23.5 Å². The van der Waals surface area contributed by atoms with Gasteiger partial charge in [0.15, 0.2) is 0 Å². The Hall–Kier alpha value is 0.520. The zero-order valence-electron chi connectivity index (χ0n) is 9.94. The van der Waals surface area contributed by atoms with Crippen molar-refractivity contribution in [2.75, 3.05) is 37.9 Å². The van der Waals surface area contributed by atoms with Crippen LogP contribution < -0.4 is 56.2 Å². The minimum atomic E-state index is 0. The third kappa shape index (κ3) is 21.8. The Morgan fingerprint density at radius 1 is 0.778 bits per heavy atom. The van der Waals surface area contributed by atoms with Crippen LogP contribution in [0.15, 0.2) is 0 Å². The quantitative estimate of drug-likeness (QED) is 0.165. The fourth-order valence-corrected chi connectivity index (χ4v) is 1.63. The van der Waals surface area contributed by atoms with Crippen molar-refractivity contribution in [3.8, 4) is 0 Å². The van der Waals surface area contributed by atoms with E-state index >= 15 is 0 Å². The molecular formula is C8H20Br2N4O2S2. The monoisotopic (exact) mass is 426 g/mol. The van der Waals surface area contributed by atoms with Crippen molar-refractivity contribution < 1.29 is 54.3 Å². The normalized spacial score (nSPS) is 9.11. The van der Waals surface area contributed by atoms with Crippen LogP contribution in [-0.2, 0) is 9.47 Å². The SMILES string of the molecule is NC(=[NH2+])SCCOCCOCCSC(N)=[NH2+].[Br-].[Br-]. The van der Waals surface area contributed by atoms with Crippen molar-refractivity contribution in [1.82, 2.24) is 0 Å². The van der Waals surface area contributed by atoms with Crippen LogP contribution in [0.5, 0.6) is 0 Å².